The van der Waals surface area contributed by atoms with E-state index in [9.17, 15) is 14.4 Å². The van der Waals surface area contributed by atoms with Gasteiger partial charge in [-0.1, -0.05) is 23.7 Å². The van der Waals surface area contributed by atoms with Gasteiger partial charge in [-0.2, -0.15) is 0 Å². The van der Waals surface area contributed by atoms with Crippen LogP contribution in [-0.2, 0) is 14.3 Å². The molecule has 1 atom stereocenters. The van der Waals surface area contributed by atoms with E-state index in [4.69, 9.17) is 16.3 Å². The molecule has 0 fully saturated rings. The number of ether oxygens (including phenoxy) is 1. The van der Waals surface area contributed by atoms with Gasteiger partial charge in [0.2, 0.25) is 0 Å². The molecule has 0 saturated heterocycles. The van der Waals surface area contributed by atoms with E-state index in [1.807, 2.05) is 0 Å². The molecule has 18 heavy (non-hydrogen) atoms. The molecule has 1 unspecified atom stereocenters. The number of carbonyl (C=O) groups excluding carboxylic acids is 3. The van der Waals surface area contributed by atoms with E-state index < -0.39 is 23.5 Å². The minimum Gasteiger partial charge on any atom is -0.465 e. The van der Waals surface area contributed by atoms with E-state index in [1.165, 1.54) is 19.1 Å². The van der Waals surface area contributed by atoms with Crippen LogP contribution in [-0.4, -0.2) is 24.1 Å². The Labute approximate surface area is 110 Å². The topological polar surface area (TPSA) is 60.4 Å². The van der Waals surface area contributed by atoms with Crippen LogP contribution >= 0.6 is 11.6 Å². The molecular formula is C13H13ClO4. The van der Waals surface area contributed by atoms with E-state index in [1.54, 1.807) is 19.1 Å². The van der Waals surface area contributed by atoms with Crippen LogP contribution in [0.5, 0.6) is 0 Å². The van der Waals surface area contributed by atoms with Crippen molar-refractivity contribution in [2.45, 2.75) is 13.8 Å². The zero-order valence-corrected chi connectivity index (χ0v) is 10.9. The largest absolute Gasteiger partial charge is 0.465 e. The van der Waals surface area contributed by atoms with Crippen molar-refractivity contribution in [3.8, 4) is 0 Å². The Bertz CT molecular complexity index is 482. The molecule has 1 aromatic carbocycles. The predicted molar refractivity (Wildman–Crippen MR) is 66.6 cm³/mol. The smallest absolute Gasteiger partial charge is 0.324 e. The lowest BCUT2D eigenvalue weighted by molar-refractivity contribution is -0.148. The molecule has 0 bridgehead atoms. The first-order valence-electron chi connectivity index (χ1n) is 5.44. The van der Waals surface area contributed by atoms with E-state index in [-0.39, 0.29) is 17.2 Å². The second kappa shape index (κ2) is 6.31. The molecule has 0 aromatic heterocycles. The summed E-state index contributed by atoms with van der Waals surface area (Å²) < 4.78 is 4.72. The van der Waals surface area contributed by atoms with Crippen molar-refractivity contribution in [2.24, 2.45) is 5.92 Å². The van der Waals surface area contributed by atoms with Crippen molar-refractivity contribution >= 4 is 29.1 Å². The Morgan fingerprint density at radius 2 is 1.89 bits per heavy atom. The Morgan fingerprint density at radius 1 is 1.28 bits per heavy atom. The molecule has 0 aliphatic heterocycles. The minimum atomic E-state index is -1.44. The van der Waals surface area contributed by atoms with Crippen molar-refractivity contribution in [1.29, 1.82) is 0 Å². The summed E-state index contributed by atoms with van der Waals surface area (Å²) in [4.78, 5) is 35.1. The molecule has 0 spiro atoms. The standard InChI is InChI=1S/C13H13ClO4/c1-3-18-13(17)11(8(2)15)12(16)9-6-4-5-7-10(9)14/h4-7,11H,3H2,1-2H3. The van der Waals surface area contributed by atoms with E-state index in [2.05, 4.69) is 0 Å². The van der Waals surface area contributed by atoms with Crippen LogP contribution in [0.4, 0.5) is 0 Å². The first kappa shape index (κ1) is 14.4. The fourth-order valence-electron chi connectivity index (χ4n) is 1.50. The molecule has 0 N–H and O–H groups in total. The molecule has 4 nitrogen and oxygen atoms in total. The van der Waals surface area contributed by atoms with Crippen molar-refractivity contribution in [1.82, 2.24) is 0 Å². The molecular weight excluding hydrogens is 256 g/mol. The second-order valence-corrected chi connectivity index (χ2v) is 4.05. The average molecular weight is 269 g/mol. The summed E-state index contributed by atoms with van der Waals surface area (Å²) in [6, 6.07) is 6.27. The normalized spacial score (nSPS) is 11.7. The number of benzene rings is 1. The maximum atomic E-state index is 12.1. The monoisotopic (exact) mass is 268 g/mol. The van der Waals surface area contributed by atoms with Crippen LogP contribution in [0.1, 0.15) is 24.2 Å². The molecule has 0 aliphatic rings. The van der Waals surface area contributed by atoms with Crippen molar-refractivity contribution in [2.75, 3.05) is 6.61 Å². The molecule has 0 heterocycles. The van der Waals surface area contributed by atoms with Gasteiger partial charge in [-0.05, 0) is 26.0 Å². The summed E-state index contributed by atoms with van der Waals surface area (Å²) in [6.45, 7) is 2.89. The van der Waals surface area contributed by atoms with Crippen molar-refractivity contribution < 1.29 is 19.1 Å². The van der Waals surface area contributed by atoms with Crippen LogP contribution in [0.3, 0.4) is 0 Å². The maximum Gasteiger partial charge on any atom is 0.324 e. The van der Waals surface area contributed by atoms with Gasteiger partial charge in [0.05, 0.1) is 11.6 Å². The Kier molecular flexibility index (Phi) is 5.04. The lowest BCUT2D eigenvalue weighted by Crippen LogP contribution is -2.32. The summed E-state index contributed by atoms with van der Waals surface area (Å²) in [7, 11) is 0. The highest BCUT2D eigenvalue weighted by Crippen LogP contribution is 2.20. The number of Topliss-reactive ketones (excluding diaryl/α,β-unsaturated/α-hetero) is 2. The van der Waals surface area contributed by atoms with Gasteiger partial charge in [0, 0.05) is 5.56 Å². The number of halogens is 1. The lowest BCUT2D eigenvalue weighted by atomic mass is 9.94. The highest BCUT2D eigenvalue weighted by molar-refractivity contribution is 6.35. The van der Waals surface area contributed by atoms with Crippen LogP contribution < -0.4 is 0 Å². The van der Waals surface area contributed by atoms with Crippen LogP contribution in [0.25, 0.3) is 0 Å². The highest BCUT2D eigenvalue weighted by Gasteiger charge is 2.34. The summed E-state index contributed by atoms with van der Waals surface area (Å²) in [5, 5.41) is 0.207. The third-order valence-corrected chi connectivity index (χ3v) is 2.66. The predicted octanol–water partition coefficient (Wildman–Crippen LogP) is 2.29. The van der Waals surface area contributed by atoms with Gasteiger partial charge in [-0.25, -0.2) is 0 Å². The number of rotatable bonds is 5. The molecule has 1 aromatic rings. The third-order valence-electron chi connectivity index (χ3n) is 2.33. The zero-order chi connectivity index (χ0) is 13.7. The van der Waals surface area contributed by atoms with Crippen LogP contribution in [0.2, 0.25) is 5.02 Å². The first-order chi connectivity index (χ1) is 8.49. The van der Waals surface area contributed by atoms with Gasteiger partial charge in [-0.3, -0.25) is 14.4 Å². The molecule has 5 heteroatoms. The zero-order valence-electron chi connectivity index (χ0n) is 10.1. The first-order valence-corrected chi connectivity index (χ1v) is 5.82. The molecule has 0 radical (unpaired) electrons. The van der Waals surface area contributed by atoms with Gasteiger partial charge in [0.25, 0.3) is 0 Å². The van der Waals surface area contributed by atoms with Gasteiger partial charge < -0.3 is 4.74 Å². The van der Waals surface area contributed by atoms with Gasteiger partial charge in [0.15, 0.2) is 17.5 Å². The number of hydrogen-bond donors (Lipinski definition) is 0. The average Bonchev–Trinajstić information content (AvgIpc) is 2.29. The number of carbonyl (C=O) groups is 3. The third kappa shape index (κ3) is 3.17. The van der Waals surface area contributed by atoms with E-state index in [0.29, 0.717) is 0 Å². The van der Waals surface area contributed by atoms with E-state index in [0.717, 1.165) is 0 Å². The SMILES string of the molecule is CCOC(=O)C(C(C)=O)C(=O)c1ccccc1Cl. The summed E-state index contributed by atoms with van der Waals surface area (Å²) >= 11 is 5.87. The summed E-state index contributed by atoms with van der Waals surface area (Å²) in [5.74, 6) is -3.47. The number of esters is 1. The van der Waals surface area contributed by atoms with Crippen LogP contribution in [0.15, 0.2) is 24.3 Å². The fraction of sp³-hybridized carbons (Fsp3) is 0.308. The molecule has 1 rings (SSSR count). The van der Waals surface area contributed by atoms with Gasteiger partial charge >= 0.3 is 5.97 Å². The Morgan fingerprint density at radius 3 is 2.39 bits per heavy atom. The lowest BCUT2D eigenvalue weighted by Gasteiger charge is -2.12. The van der Waals surface area contributed by atoms with Crippen molar-refractivity contribution in [3.05, 3.63) is 34.9 Å². The molecule has 96 valence electrons. The second-order valence-electron chi connectivity index (χ2n) is 3.64. The molecule has 0 amide bonds. The fourth-order valence-corrected chi connectivity index (χ4v) is 1.73. The Balaban J connectivity index is 3.08. The summed E-state index contributed by atoms with van der Waals surface area (Å²) in [6.07, 6.45) is 0. The minimum absolute atomic E-state index is 0.110. The quantitative estimate of drug-likeness (QED) is 0.467. The number of hydrogen-bond acceptors (Lipinski definition) is 4. The van der Waals surface area contributed by atoms with Gasteiger partial charge in [0.1, 0.15) is 0 Å². The van der Waals surface area contributed by atoms with Crippen LogP contribution in [0, 0.1) is 5.92 Å². The maximum absolute atomic E-state index is 12.1. The molecule has 0 saturated carbocycles. The highest BCUT2D eigenvalue weighted by atomic mass is 35.5. The van der Waals surface area contributed by atoms with E-state index >= 15 is 0 Å². The number of ketones is 2. The summed E-state index contributed by atoms with van der Waals surface area (Å²) in [5.41, 5.74) is 0.146. The molecule has 0 aliphatic carbocycles. The Hall–Kier alpha value is -1.68. The van der Waals surface area contributed by atoms with Gasteiger partial charge in [-0.15, -0.1) is 0 Å². The van der Waals surface area contributed by atoms with Crippen molar-refractivity contribution in [3.63, 3.8) is 0 Å².